The third-order valence-electron chi connectivity index (χ3n) is 5.48. The Bertz CT molecular complexity index is 664. The topological polar surface area (TPSA) is 66.0 Å². The summed E-state index contributed by atoms with van der Waals surface area (Å²) < 4.78 is 5.37. The normalized spacial score (nSPS) is 16.0. The standard InChI is InChI=1S/C22H36N4O2/c1-6-24-21(26-12-10-17(11-13-26)14-20(27)23-4)25-16-22(2,3)18-8-7-9-19(15-18)28-5/h7-9,15,17H,6,10-14,16H2,1-5H3,(H,23,27)(H,24,25). The van der Waals surface area contributed by atoms with Crippen molar-refractivity contribution >= 4 is 11.9 Å². The van der Waals surface area contributed by atoms with Gasteiger partial charge in [-0.3, -0.25) is 9.79 Å². The third kappa shape index (κ3) is 6.14. The number of likely N-dealkylation sites (tertiary alicyclic amines) is 1. The molecule has 0 saturated carbocycles. The van der Waals surface area contributed by atoms with Crippen LogP contribution in [0.5, 0.6) is 5.75 Å². The molecule has 0 radical (unpaired) electrons. The molecule has 1 aromatic rings. The van der Waals surface area contributed by atoms with Crippen LogP contribution in [0.1, 0.15) is 45.6 Å². The third-order valence-corrected chi connectivity index (χ3v) is 5.48. The zero-order chi connectivity index (χ0) is 20.6. The molecule has 1 heterocycles. The summed E-state index contributed by atoms with van der Waals surface area (Å²) in [7, 11) is 3.40. The van der Waals surface area contributed by atoms with E-state index in [1.54, 1.807) is 14.2 Å². The van der Waals surface area contributed by atoms with Crippen molar-refractivity contribution < 1.29 is 9.53 Å². The van der Waals surface area contributed by atoms with Crippen LogP contribution in [0.3, 0.4) is 0 Å². The second-order valence-electron chi connectivity index (χ2n) is 8.09. The van der Waals surface area contributed by atoms with Gasteiger partial charge in [0.05, 0.1) is 13.7 Å². The van der Waals surface area contributed by atoms with E-state index in [4.69, 9.17) is 9.73 Å². The summed E-state index contributed by atoms with van der Waals surface area (Å²) in [6, 6.07) is 8.22. The lowest BCUT2D eigenvalue weighted by molar-refractivity contribution is -0.121. The van der Waals surface area contributed by atoms with Gasteiger partial charge < -0.3 is 20.3 Å². The number of hydrogen-bond donors (Lipinski definition) is 2. The molecule has 0 aromatic heterocycles. The SMILES string of the molecule is CCNC(=NCC(C)(C)c1cccc(OC)c1)N1CCC(CC(=O)NC)CC1. The van der Waals surface area contributed by atoms with Crippen LogP contribution in [0.25, 0.3) is 0 Å². The van der Waals surface area contributed by atoms with Crippen molar-refractivity contribution in [3.8, 4) is 5.75 Å². The van der Waals surface area contributed by atoms with Gasteiger partial charge in [-0.1, -0.05) is 26.0 Å². The summed E-state index contributed by atoms with van der Waals surface area (Å²) in [6.45, 7) is 9.94. The second kappa shape index (κ2) is 10.3. The van der Waals surface area contributed by atoms with Gasteiger partial charge in [0.15, 0.2) is 5.96 Å². The van der Waals surface area contributed by atoms with Crippen molar-refractivity contribution in [3.05, 3.63) is 29.8 Å². The smallest absolute Gasteiger partial charge is 0.220 e. The summed E-state index contributed by atoms with van der Waals surface area (Å²) in [6.07, 6.45) is 2.68. The first kappa shape index (κ1) is 22.1. The molecular formula is C22H36N4O2. The first-order valence-corrected chi connectivity index (χ1v) is 10.3. The number of methoxy groups -OCH3 is 1. The fraction of sp³-hybridized carbons (Fsp3) is 0.636. The molecule has 0 atom stereocenters. The minimum absolute atomic E-state index is 0.0905. The average Bonchev–Trinajstić information content (AvgIpc) is 2.71. The quantitative estimate of drug-likeness (QED) is 0.557. The number of carbonyl (C=O) groups is 1. The van der Waals surface area contributed by atoms with E-state index in [-0.39, 0.29) is 11.3 Å². The Morgan fingerprint density at radius 2 is 2.04 bits per heavy atom. The van der Waals surface area contributed by atoms with Crippen LogP contribution < -0.4 is 15.4 Å². The van der Waals surface area contributed by atoms with Gasteiger partial charge in [-0.25, -0.2) is 0 Å². The molecule has 2 rings (SSSR count). The van der Waals surface area contributed by atoms with E-state index in [0.29, 0.717) is 18.9 Å². The predicted octanol–water partition coefficient (Wildman–Crippen LogP) is 2.79. The minimum atomic E-state index is -0.0905. The summed E-state index contributed by atoms with van der Waals surface area (Å²) in [5, 5.41) is 6.17. The van der Waals surface area contributed by atoms with E-state index in [1.807, 2.05) is 12.1 Å². The number of piperidine rings is 1. The Morgan fingerprint density at radius 1 is 1.32 bits per heavy atom. The summed E-state index contributed by atoms with van der Waals surface area (Å²) in [4.78, 5) is 18.9. The average molecular weight is 389 g/mol. The number of amides is 1. The molecular weight excluding hydrogens is 352 g/mol. The number of carbonyl (C=O) groups excluding carboxylic acids is 1. The van der Waals surface area contributed by atoms with Crippen LogP contribution in [0.15, 0.2) is 29.3 Å². The van der Waals surface area contributed by atoms with Crippen LogP contribution in [0.4, 0.5) is 0 Å². The van der Waals surface area contributed by atoms with Crippen LogP contribution in [0.2, 0.25) is 0 Å². The van der Waals surface area contributed by atoms with Gasteiger partial charge in [-0.15, -0.1) is 0 Å². The zero-order valence-corrected chi connectivity index (χ0v) is 18.0. The number of aliphatic imine (C=N–C) groups is 1. The number of guanidine groups is 1. The number of benzene rings is 1. The van der Waals surface area contributed by atoms with Crippen LogP contribution in [-0.2, 0) is 10.2 Å². The van der Waals surface area contributed by atoms with E-state index >= 15 is 0 Å². The van der Waals surface area contributed by atoms with Crippen molar-refractivity contribution in [2.45, 2.75) is 45.4 Å². The molecule has 0 unspecified atom stereocenters. The molecule has 0 bridgehead atoms. The first-order chi connectivity index (χ1) is 13.4. The van der Waals surface area contributed by atoms with Crippen molar-refractivity contribution in [1.29, 1.82) is 0 Å². The van der Waals surface area contributed by atoms with E-state index in [1.165, 1.54) is 5.56 Å². The molecule has 0 spiro atoms. The molecule has 2 N–H and O–H groups in total. The maximum Gasteiger partial charge on any atom is 0.220 e. The lowest BCUT2D eigenvalue weighted by Crippen LogP contribution is -2.46. The van der Waals surface area contributed by atoms with Gasteiger partial charge in [0.2, 0.25) is 5.91 Å². The van der Waals surface area contributed by atoms with Gasteiger partial charge in [-0.05, 0) is 43.4 Å². The number of hydrogen-bond acceptors (Lipinski definition) is 3. The maximum absolute atomic E-state index is 11.6. The largest absolute Gasteiger partial charge is 0.497 e. The number of ether oxygens (including phenoxy) is 1. The molecule has 6 nitrogen and oxygen atoms in total. The molecule has 1 aromatic carbocycles. The highest BCUT2D eigenvalue weighted by atomic mass is 16.5. The fourth-order valence-corrected chi connectivity index (χ4v) is 3.55. The van der Waals surface area contributed by atoms with Crippen LogP contribution >= 0.6 is 0 Å². The lowest BCUT2D eigenvalue weighted by Gasteiger charge is -2.34. The molecule has 1 amide bonds. The van der Waals surface area contributed by atoms with Crippen LogP contribution in [0, 0.1) is 5.92 Å². The molecule has 1 fully saturated rings. The summed E-state index contributed by atoms with van der Waals surface area (Å²) >= 11 is 0. The number of nitrogens with zero attached hydrogens (tertiary/aromatic N) is 2. The van der Waals surface area contributed by atoms with Gasteiger partial charge >= 0.3 is 0 Å². The van der Waals surface area contributed by atoms with E-state index in [0.717, 1.165) is 44.2 Å². The lowest BCUT2D eigenvalue weighted by atomic mass is 9.84. The molecule has 1 aliphatic heterocycles. The van der Waals surface area contributed by atoms with Crippen molar-refractivity contribution in [1.82, 2.24) is 15.5 Å². The highest BCUT2D eigenvalue weighted by Gasteiger charge is 2.25. The Kier molecular flexibility index (Phi) is 8.15. The van der Waals surface area contributed by atoms with Gasteiger partial charge in [0, 0.05) is 38.5 Å². The highest BCUT2D eigenvalue weighted by Crippen LogP contribution is 2.27. The van der Waals surface area contributed by atoms with E-state index < -0.39 is 0 Å². The molecule has 28 heavy (non-hydrogen) atoms. The number of rotatable bonds is 7. The maximum atomic E-state index is 11.6. The number of nitrogens with one attached hydrogen (secondary N) is 2. The summed E-state index contributed by atoms with van der Waals surface area (Å²) in [5.41, 5.74) is 1.13. The predicted molar refractivity (Wildman–Crippen MR) is 115 cm³/mol. The van der Waals surface area contributed by atoms with Crippen molar-refractivity contribution in [2.24, 2.45) is 10.9 Å². The van der Waals surface area contributed by atoms with E-state index in [9.17, 15) is 4.79 Å². The van der Waals surface area contributed by atoms with Gasteiger partial charge in [0.25, 0.3) is 0 Å². The molecule has 156 valence electrons. The van der Waals surface area contributed by atoms with E-state index in [2.05, 4.69) is 48.4 Å². The molecule has 0 aliphatic carbocycles. The van der Waals surface area contributed by atoms with Crippen molar-refractivity contribution in [2.75, 3.05) is 40.3 Å². The van der Waals surface area contributed by atoms with Crippen molar-refractivity contribution in [3.63, 3.8) is 0 Å². The monoisotopic (exact) mass is 388 g/mol. The minimum Gasteiger partial charge on any atom is -0.497 e. The molecule has 1 aliphatic rings. The second-order valence-corrected chi connectivity index (χ2v) is 8.09. The van der Waals surface area contributed by atoms with Gasteiger partial charge in [-0.2, -0.15) is 0 Å². The summed E-state index contributed by atoms with van der Waals surface area (Å²) in [5.74, 6) is 2.45. The fourth-order valence-electron chi connectivity index (χ4n) is 3.55. The zero-order valence-electron chi connectivity index (χ0n) is 18.0. The van der Waals surface area contributed by atoms with Crippen LogP contribution in [-0.4, -0.2) is 57.1 Å². The Labute approximate surface area is 169 Å². The Hall–Kier alpha value is -2.24. The van der Waals surface area contributed by atoms with Gasteiger partial charge in [0.1, 0.15) is 5.75 Å². The highest BCUT2D eigenvalue weighted by molar-refractivity contribution is 5.80. The Balaban J connectivity index is 2.02. The molecule has 1 saturated heterocycles. The first-order valence-electron chi connectivity index (χ1n) is 10.3. The Morgan fingerprint density at radius 3 is 2.64 bits per heavy atom. The molecule has 6 heteroatoms.